The van der Waals surface area contributed by atoms with Gasteiger partial charge in [-0.3, -0.25) is 9.59 Å². The van der Waals surface area contributed by atoms with Crippen molar-refractivity contribution in [1.82, 2.24) is 10.3 Å². The van der Waals surface area contributed by atoms with Gasteiger partial charge in [0.15, 0.2) is 5.58 Å². The molecule has 0 saturated carbocycles. The fourth-order valence-electron chi connectivity index (χ4n) is 3.91. The summed E-state index contributed by atoms with van der Waals surface area (Å²) in [5.41, 5.74) is 5.07. The molecule has 1 aromatic heterocycles. The fraction of sp³-hybridized carbons (Fsp3) is 0.250. The molecule has 7 nitrogen and oxygen atoms in total. The SMILES string of the molecule is CC(C)C[C@H](Nc1ccc(C(=O)NCCC(=O)O)cc1)c1ccc(-c2nc3ccccc3o2)cc1. The quantitative estimate of drug-likeness (QED) is 0.266. The molecule has 0 aliphatic heterocycles. The number of nitrogens with one attached hydrogen (secondary N) is 2. The summed E-state index contributed by atoms with van der Waals surface area (Å²) in [6.45, 7) is 4.47. The normalized spacial score (nSPS) is 12.0. The number of carboxylic acid groups (broad SMARTS) is 1. The molecular weight excluding hydrogens is 442 g/mol. The Kier molecular flexibility index (Phi) is 7.45. The van der Waals surface area contributed by atoms with Crippen molar-refractivity contribution in [3.63, 3.8) is 0 Å². The first-order valence-electron chi connectivity index (χ1n) is 11.7. The lowest BCUT2D eigenvalue weighted by Crippen LogP contribution is -2.25. The Morgan fingerprint density at radius 2 is 1.69 bits per heavy atom. The van der Waals surface area contributed by atoms with E-state index < -0.39 is 5.97 Å². The largest absolute Gasteiger partial charge is 0.481 e. The number of fused-ring (bicyclic) bond motifs is 1. The zero-order chi connectivity index (χ0) is 24.8. The van der Waals surface area contributed by atoms with Crippen molar-refractivity contribution in [2.45, 2.75) is 32.7 Å². The van der Waals surface area contributed by atoms with Crippen LogP contribution in [-0.4, -0.2) is 28.5 Å². The molecule has 0 aliphatic rings. The molecule has 35 heavy (non-hydrogen) atoms. The van der Waals surface area contributed by atoms with Crippen LogP contribution in [0.15, 0.2) is 77.2 Å². The summed E-state index contributed by atoms with van der Waals surface area (Å²) in [7, 11) is 0. The Morgan fingerprint density at radius 1 is 0.971 bits per heavy atom. The van der Waals surface area contributed by atoms with Gasteiger partial charge in [-0.2, -0.15) is 0 Å². The first-order chi connectivity index (χ1) is 16.9. The van der Waals surface area contributed by atoms with Crippen LogP contribution >= 0.6 is 0 Å². The predicted octanol–water partition coefficient (Wildman–Crippen LogP) is 5.90. The monoisotopic (exact) mass is 471 g/mol. The molecule has 0 fully saturated rings. The molecule has 3 N–H and O–H groups in total. The van der Waals surface area contributed by atoms with Gasteiger partial charge in [-0.25, -0.2) is 4.98 Å². The van der Waals surface area contributed by atoms with Crippen molar-refractivity contribution in [2.24, 2.45) is 5.92 Å². The van der Waals surface area contributed by atoms with Crippen molar-refractivity contribution < 1.29 is 19.1 Å². The first kappa shape index (κ1) is 24.0. The summed E-state index contributed by atoms with van der Waals surface area (Å²) in [4.78, 5) is 27.4. The van der Waals surface area contributed by atoms with Gasteiger partial charge in [0.05, 0.1) is 12.5 Å². The number of anilines is 1. The van der Waals surface area contributed by atoms with Crippen LogP contribution in [0.25, 0.3) is 22.6 Å². The van der Waals surface area contributed by atoms with Crippen LogP contribution in [0.4, 0.5) is 5.69 Å². The number of aliphatic carboxylic acids is 1. The van der Waals surface area contributed by atoms with Crippen LogP contribution in [0, 0.1) is 5.92 Å². The molecule has 1 atom stereocenters. The topological polar surface area (TPSA) is 104 Å². The third-order valence-electron chi connectivity index (χ3n) is 5.67. The minimum absolute atomic E-state index is 0.0860. The van der Waals surface area contributed by atoms with Crippen molar-refractivity contribution >= 4 is 28.7 Å². The van der Waals surface area contributed by atoms with E-state index in [9.17, 15) is 9.59 Å². The lowest BCUT2D eigenvalue weighted by molar-refractivity contribution is -0.136. The van der Waals surface area contributed by atoms with Crippen molar-refractivity contribution in [1.29, 1.82) is 0 Å². The minimum atomic E-state index is -0.942. The molecule has 4 rings (SSSR count). The lowest BCUT2D eigenvalue weighted by Gasteiger charge is -2.22. The highest BCUT2D eigenvalue weighted by Gasteiger charge is 2.15. The number of hydrogen-bond acceptors (Lipinski definition) is 5. The third kappa shape index (κ3) is 6.26. The van der Waals surface area contributed by atoms with Gasteiger partial charge in [0.2, 0.25) is 5.89 Å². The number of carbonyl (C=O) groups is 2. The average Bonchev–Trinajstić information content (AvgIpc) is 3.28. The molecule has 0 aliphatic carbocycles. The Labute approximate surface area is 204 Å². The summed E-state index contributed by atoms with van der Waals surface area (Å²) in [6.07, 6.45) is 0.827. The van der Waals surface area contributed by atoms with Gasteiger partial charge >= 0.3 is 5.97 Å². The molecule has 0 radical (unpaired) electrons. The van der Waals surface area contributed by atoms with E-state index >= 15 is 0 Å². The summed E-state index contributed by atoms with van der Waals surface area (Å²) in [5.74, 6) is -0.152. The Hall–Kier alpha value is -4.13. The van der Waals surface area contributed by atoms with E-state index in [-0.39, 0.29) is 24.9 Å². The number of carbonyl (C=O) groups excluding carboxylic acids is 1. The van der Waals surface area contributed by atoms with E-state index in [1.165, 1.54) is 0 Å². The lowest BCUT2D eigenvalue weighted by atomic mass is 9.95. The maximum absolute atomic E-state index is 12.2. The molecule has 0 spiro atoms. The van der Waals surface area contributed by atoms with Crippen molar-refractivity contribution in [3.8, 4) is 11.5 Å². The van der Waals surface area contributed by atoms with E-state index in [0.29, 0.717) is 17.4 Å². The van der Waals surface area contributed by atoms with Crippen LogP contribution in [0.1, 0.15) is 48.7 Å². The van der Waals surface area contributed by atoms with Crippen LogP contribution in [0.2, 0.25) is 0 Å². The molecule has 7 heteroatoms. The number of hydrogen-bond donors (Lipinski definition) is 3. The van der Waals surface area contributed by atoms with Gasteiger partial charge in [0.1, 0.15) is 5.52 Å². The Balaban J connectivity index is 1.46. The van der Waals surface area contributed by atoms with E-state index in [4.69, 9.17) is 9.52 Å². The summed E-state index contributed by atoms with van der Waals surface area (Å²) in [5, 5.41) is 14.9. The molecule has 0 unspecified atom stereocenters. The van der Waals surface area contributed by atoms with E-state index in [0.717, 1.165) is 34.3 Å². The number of carboxylic acids is 1. The van der Waals surface area contributed by atoms with Crippen molar-refractivity contribution in [2.75, 3.05) is 11.9 Å². The highest BCUT2D eigenvalue weighted by Crippen LogP contribution is 2.29. The molecule has 4 aromatic rings. The second-order valence-corrected chi connectivity index (χ2v) is 8.91. The number of nitrogens with zero attached hydrogens (tertiary/aromatic N) is 1. The highest BCUT2D eigenvalue weighted by atomic mass is 16.4. The number of rotatable bonds is 10. The maximum Gasteiger partial charge on any atom is 0.305 e. The van der Waals surface area contributed by atoms with E-state index in [2.05, 4.69) is 41.6 Å². The summed E-state index contributed by atoms with van der Waals surface area (Å²) in [6, 6.07) is 23.3. The molecule has 1 amide bonds. The number of oxazole rings is 1. The van der Waals surface area contributed by atoms with Crippen molar-refractivity contribution in [3.05, 3.63) is 83.9 Å². The van der Waals surface area contributed by atoms with Gasteiger partial charge in [-0.1, -0.05) is 38.1 Å². The van der Waals surface area contributed by atoms with Gasteiger partial charge < -0.3 is 20.2 Å². The van der Waals surface area contributed by atoms with E-state index in [1.807, 2.05) is 48.5 Å². The highest BCUT2D eigenvalue weighted by molar-refractivity contribution is 5.94. The molecule has 3 aromatic carbocycles. The van der Waals surface area contributed by atoms with Gasteiger partial charge in [0.25, 0.3) is 5.91 Å². The zero-order valence-electron chi connectivity index (χ0n) is 19.8. The third-order valence-corrected chi connectivity index (χ3v) is 5.67. The van der Waals surface area contributed by atoms with Gasteiger partial charge in [-0.15, -0.1) is 0 Å². The van der Waals surface area contributed by atoms with Crippen LogP contribution in [0.3, 0.4) is 0 Å². The molecule has 1 heterocycles. The number of para-hydroxylation sites is 2. The number of amides is 1. The van der Waals surface area contributed by atoms with Crippen LogP contribution in [-0.2, 0) is 4.79 Å². The summed E-state index contributed by atoms with van der Waals surface area (Å²) >= 11 is 0. The van der Waals surface area contributed by atoms with E-state index in [1.54, 1.807) is 12.1 Å². The zero-order valence-corrected chi connectivity index (χ0v) is 19.8. The average molecular weight is 472 g/mol. The standard InChI is InChI=1S/C28H29N3O4/c1-18(2)17-24(30-22-13-11-20(12-14-22)27(34)29-16-15-26(32)33)19-7-9-21(10-8-19)28-31-23-5-3-4-6-25(23)35-28/h3-14,18,24,30H,15-17H2,1-2H3,(H,29,34)(H,32,33)/t24-/m0/s1. The maximum atomic E-state index is 12.2. The molecule has 0 saturated heterocycles. The number of aromatic nitrogens is 1. The summed E-state index contributed by atoms with van der Waals surface area (Å²) < 4.78 is 5.89. The van der Waals surface area contributed by atoms with Gasteiger partial charge in [0, 0.05) is 23.4 Å². The number of benzene rings is 3. The molecular formula is C28H29N3O4. The Morgan fingerprint density at radius 3 is 2.34 bits per heavy atom. The Bertz CT molecular complexity index is 1260. The minimum Gasteiger partial charge on any atom is -0.481 e. The van der Waals surface area contributed by atoms with Crippen LogP contribution < -0.4 is 10.6 Å². The van der Waals surface area contributed by atoms with Gasteiger partial charge in [-0.05, 0) is 66.4 Å². The first-order valence-corrected chi connectivity index (χ1v) is 11.7. The second-order valence-electron chi connectivity index (χ2n) is 8.91. The molecule has 180 valence electrons. The van der Waals surface area contributed by atoms with Crippen LogP contribution in [0.5, 0.6) is 0 Å². The molecule has 0 bridgehead atoms. The smallest absolute Gasteiger partial charge is 0.305 e. The second kappa shape index (κ2) is 10.9. The predicted molar refractivity (Wildman–Crippen MR) is 136 cm³/mol. The fourth-order valence-corrected chi connectivity index (χ4v) is 3.91.